The first kappa shape index (κ1) is 16.6. The Morgan fingerprint density at radius 3 is 1.92 bits per heavy atom. The Morgan fingerprint density at radius 2 is 1.38 bits per heavy atom. The number of nitrogens with zero attached hydrogens (tertiary/aromatic N) is 1. The van der Waals surface area contributed by atoms with Crippen molar-refractivity contribution in [3.05, 3.63) is 71.3 Å². The lowest BCUT2D eigenvalue weighted by atomic mass is 10.1. The second kappa shape index (κ2) is 6.73. The molecule has 4 heteroatoms. The van der Waals surface area contributed by atoms with Gasteiger partial charge in [0, 0.05) is 5.67 Å². The number of benzene rings is 2. The number of carbonyl (C=O) groups excluding carboxylic acids is 2. The fourth-order valence-electron chi connectivity index (χ4n) is 3.30. The highest BCUT2D eigenvalue weighted by molar-refractivity contribution is 6.61. The Labute approximate surface area is 144 Å². The van der Waals surface area contributed by atoms with Gasteiger partial charge >= 0.3 is 0 Å². The van der Waals surface area contributed by atoms with Crippen LogP contribution >= 0.6 is 0 Å². The molecule has 2 aromatic rings. The van der Waals surface area contributed by atoms with Gasteiger partial charge in [0.15, 0.2) is 0 Å². The Kier molecular flexibility index (Phi) is 4.67. The fraction of sp³-hybridized carbons (Fsp3) is 0.300. The van der Waals surface area contributed by atoms with Gasteiger partial charge in [0.1, 0.15) is 0 Å². The van der Waals surface area contributed by atoms with E-state index in [2.05, 4.69) is 37.7 Å². The van der Waals surface area contributed by atoms with Crippen molar-refractivity contribution in [3.8, 4) is 0 Å². The van der Waals surface area contributed by atoms with Crippen LogP contribution in [0.25, 0.3) is 0 Å². The summed E-state index contributed by atoms with van der Waals surface area (Å²) in [6.07, 6.45) is 0.985. The molecule has 1 aliphatic rings. The maximum atomic E-state index is 12.7. The van der Waals surface area contributed by atoms with Crippen molar-refractivity contribution in [1.29, 1.82) is 0 Å². The van der Waals surface area contributed by atoms with Gasteiger partial charge in [-0.3, -0.25) is 14.5 Å². The van der Waals surface area contributed by atoms with Crippen LogP contribution in [-0.2, 0) is 6.42 Å². The number of amides is 2. The van der Waals surface area contributed by atoms with E-state index in [0.29, 0.717) is 16.7 Å². The fourth-order valence-corrected chi connectivity index (χ4v) is 5.33. The van der Waals surface area contributed by atoms with E-state index in [4.69, 9.17) is 0 Å². The second-order valence-electron chi connectivity index (χ2n) is 6.54. The summed E-state index contributed by atoms with van der Waals surface area (Å²) in [5.74, 6) is -0.279. The predicted molar refractivity (Wildman–Crippen MR) is 97.6 cm³/mol. The average molecular weight is 336 g/mol. The van der Waals surface area contributed by atoms with Gasteiger partial charge in [-0.05, 0) is 36.6 Å². The minimum atomic E-state index is -0.923. The van der Waals surface area contributed by atoms with E-state index >= 15 is 0 Å². The molecule has 123 valence electrons. The number of hydrogen-bond donors (Lipinski definition) is 0. The highest BCUT2D eigenvalue weighted by atomic mass is 28.3. The van der Waals surface area contributed by atoms with Crippen LogP contribution in [0, 0.1) is 0 Å². The second-order valence-corrected chi connectivity index (χ2v) is 9.85. The van der Waals surface area contributed by atoms with Crippen LogP contribution in [0.15, 0.2) is 54.6 Å². The molecular formula is C20H22NO2Si. The molecule has 2 atom stereocenters. The van der Waals surface area contributed by atoms with E-state index in [1.807, 2.05) is 25.1 Å². The summed E-state index contributed by atoms with van der Waals surface area (Å²) in [6, 6.07) is 17.5. The Bertz CT molecular complexity index is 724. The summed E-state index contributed by atoms with van der Waals surface area (Å²) in [7, 11) is -0.923. The first-order valence-corrected chi connectivity index (χ1v) is 10.5. The molecule has 24 heavy (non-hydrogen) atoms. The SMILES string of the molecule is CC(Cc1ccccc1)[Si](C)C(C)N1C(=O)c2ccccc2C1=O. The van der Waals surface area contributed by atoms with Gasteiger partial charge in [-0.15, -0.1) is 0 Å². The third-order valence-corrected chi connectivity index (χ3v) is 8.37. The highest BCUT2D eigenvalue weighted by Gasteiger charge is 2.40. The average Bonchev–Trinajstić information content (AvgIpc) is 2.86. The van der Waals surface area contributed by atoms with Crippen molar-refractivity contribution in [2.24, 2.45) is 0 Å². The van der Waals surface area contributed by atoms with Crippen molar-refractivity contribution in [2.75, 3.05) is 0 Å². The summed E-state index contributed by atoms with van der Waals surface area (Å²) in [4.78, 5) is 26.8. The third-order valence-electron chi connectivity index (χ3n) is 5.03. The maximum Gasteiger partial charge on any atom is 0.261 e. The normalized spacial score (nSPS) is 16.4. The summed E-state index contributed by atoms with van der Waals surface area (Å²) in [5, 5.41) is 0. The smallest absolute Gasteiger partial charge is 0.261 e. The molecule has 0 saturated heterocycles. The lowest BCUT2D eigenvalue weighted by Gasteiger charge is -2.30. The van der Waals surface area contributed by atoms with E-state index < -0.39 is 8.80 Å². The monoisotopic (exact) mass is 336 g/mol. The lowest BCUT2D eigenvalue weighted by molar-refractivity contribution is 0.0637. The van der Waals surface area contributed by atoms with E-state index in [9.17, 15) is 9.59 Å². The minimum absolute atomic E-state index is 0.0267. The van der Waals surface area contributed by atoms with Gasteiger partial charge < -0.3 is 0 Å². The zero-order valence-corrected chi connectivity index (χ0v) is 15.3. The van der Waals surface area contributed by atoms with Gasteiger partial charge in [0.05, 0.1) is 19.9 Å². The molecule has 0 spiro atoms. The molecule has 0 aliphatic carbocycles. The number of imide groups is 1. The zero-order chi connectivity index (χ0) is 17.3. The van der Waals surface area contributed by atoms with E-state index in [1.54, 1.807) is 12.1 Å². The molecule has 0 bridgehead atoms. The number of hydrogen-bond acceptors (Lipinski definition) is 2. The molecule has 0 N–H and O–H groups in total. The van der Waals surface area contributed by atoms with Gasteiger partial charge in [-0.25, -0.2) is 0 Å². The molecule has 1 radical (unpaired) electrons. The molecule has 0 aromatic heterocycles. The quantitative estimate of drug-likeness (QED) is 0.612. The van der Waals surface area contributed by atoms with Crippen molar-refractivity contribution < 1.29 is 9.59 Å². The third kappa shape index (κ3) is 2.94. The molecule has 3 rings (SSSR count). The molecule has 2 aromatic carbocycles. The van der Waals surface area contributed by atoms with Gasteiger partial charge in [-0.2, -0.15) is 0 Å². The van der Waals surface area contributed by atoms with Crippen molar-refractivity contribution >= 4 is 20.6 Å². The molecule has 1 aliphatic heterocycles. The summed E-state index contributed by atoms with van der Waals surface area (Å²) in [6.45, 7) is 6.49. The molecule has 2 amide bonds. The first-order valence-electron chi connectivity index (χ1n) is 8.35. The number of carbonyl (C=O) groups is 2. The van der Waals surface area contributed by atoms with Gasteiger partial charge in [0.25, 0.3) is 11.8 Å². The van der Waals surface area contributed by atoms with Crippen LogP contribution in [0.1, 0.15) is 40.1 Å². The largest absolute Gasteiger partial charge is 0.275 e. The standard InChI is InChI=1S/C20H22NO2Si/c1-14(13-16-9-5-4-6-10-16)24(3)15(2)21-19(22)17-11-7-8-12-18(17)20(21)23/h4-12,14-15H,13H2,1-3H3. The van der Waals surface area contributed by atoms with Gasteiger partial charge in [-0.1, -0.05) is 55.9 Å². The highest BCUT2D eigenvalue weighted by Crippen LogP contribution is 2.28. The van der Waals surface area contributed by atoms with Crippen molar-refractivity contribution in [2.45, 2.75) is 38.0 Å². The van der Waals surface area contributed by atoms with Crippen LogP contribution < -0.4 is 0 Å². The molecule has 0 saturated carbocycles. The maximum absolute atomic E-state index is 12.7. The summed E-state index contributed by atoms with van der Waals surface area (Å²) in [5.41, 5.74) is 2.83. The van der Waals surface area contributed by atoms with Crippen LogP contribution in [0.2, 0.25) is 12.1 Å². The van der Waals surface area contributed by atoms with Crippen LogP contribution in [-0.4, -0.2) is 31.2 Å². The number of fused-ring (bicyclic) bond motifs is 1. The van der Waals surface area contributed by atoms with Crippen LogP contribution in [0.4, 0.5) is 0 Å². The van der Waals surface area contributed by atoms with Crippen molar-refractivity contribution in [1.82, 2.24) is 4.90 Å². The minimum Gasteiger partial charge on any atom is -0.275 e. The lowest BCUT2D eigenvalue weighted by Crippen LogP contribution is -2.47. The number of rotatable bonds is 5. The predicted octanol–water partition coefficient (Wildman–Crippen LogP) is 3.97. The summed E-state index contributed by atoms with van der Waals surface area (Å²) < 4.78 is 0. The Hall–Kier alpha value is -2.20. The molecule has 3 nitrogen and oxygen atoms in total. The Morgan fingerprint density at radius 1 is 0.875 bits per heavy atom. The zero-order valence-electron chi connectivity index (χ0n) is 14.3. The topological polar surface area (TPSA) is 37.4 Å². The van der Waals surface area contributed by atoms with E-state index in [-0.39, 0.29) is 17.5 Å². The van der Waals surface area contributed by atoms with Gasteiger partial charge in [0.2, 0.25) is 0 Å². The molecular weight excluding hydrogens is 314 g/mol. The molecule has 0 fully saturated rings. The van der Waals surface area contributed by atoms with E-state index in [1.165, 1.54) is 10.5 Å². The molecule has 2 unspecified atom stereocenters. The van der Waals surface area contributed by atoms with Crippen LogP contribution in [0.5, 0.6) is 0 Å². The van der Waals surface area contributed by atoms with Crippen LogP contribution in [0.3, 0.4) is 0 Å². The summed E-state index contributed by atoms with van der Waals surface area (Å²) >= 11 is 0. The first-order chi connectivity index (χ1) is 11.5. The van der Waals surface area contributed by atoms with Crippen molar-refractivity contribution in [3.63, 3.8) is 0 Å². The molecule has 1 heterocycles. The van der Waals surface area contributed by atoms with E-state index in [0.717, 1.165) is 6.42 Å². The Balaban J connectivity index is 1.75.